The van der Waals surface area contributed by atoms with E-state index >= 15 is 0 Å². The first kappa shape index (κ1) is 18.0. The Morgan fingerprint density at radius 1 is 1.10 bits per heavy atom. The van der Waals surface area contributed by atoms with Gasteiger partial charge in [-0.25, -0.2) is 0 Å². The average Bonchev–Trinajstić information content (AvgIpc) is 2.49. The maximum atomic E-state index is 5.57. The van der Waals surface area contributed by atoms with E-state index in [1.165, 1.54) is 5.56 Å². The summed E-state index contributed by atoms with van der Waals surface area (Å²) in [6.45, 7) is 8.35. The molecule has 0 atom stereocenters. The highest BCUT2D eigenvalue weighted by Gasteiger charge is 1.98. The molecule has 1 heterocycles. The van der Waals surface area contributed by atoms with Crippen LogP contribution in [0.2, 0.25) is 0 Å². The van der Waals surface area contributed by atoms with E-state index in [9.17, 15) is 0 Å². The minimum atomic E-state index is 0.485. The van der Waals surface area contributed by atoms with E-state index in [1.807, 2.05) is 12.3 Å². The zero-order chi connectivity index (χ0) is 15.3. The molecule has 0 saturated heterocycles. The highest BCUT2D eigenvalue weighted by atomic mass is 16.5. The van der Waals surface area contributed by atoms with Crippen LogP contribution >= 0.6 is 0 Å². The molecule has 1 rings (SSSR count). The summed E-state index contributed by atoms with van der Waals surface area (Å²) in [5.41, 5.74) is 2.16. The van der Waals surface area contributed by atoms with E-state index < -0.39 is 0 Å². The first-order chi connectivity index (χ1) is 10.2. The van der Waals surface area contributed by atoms with Crippen LogP contribution in [-0.2, 0) is 27.4 Å². The van der Waals surface area contributed by atoms with Crippen LogP contribution in [0.5, 0.6) is 0 Å². The van der Waals surface area contributed by atoms with Crippen molar-refractivity contribution in [2.75, 3.05) is 33.5 Å². The van der Waals surface area contributed by atoms with Gasteiger partial charge in [0.2, 0.25) is 0 Å². The zero-order valence-corrected chi connectivity index (χ0v) is 13.4. The maximum absolute atomic E-state index is 5.57. The Labute approximate surface area is 128 Å². The van der Waals surface area contributed by atoms with Gasteiger partial charge in [0.25, 0.3) is 0 Å². The summed E-state index contributed by atoms with van der Waals surface area (Å²) in [6.07, 6.45) is 2.79. The van der Waals surface area contributed by atoms with Gasteiger partial charge >= 0.3 is 0 Å². The summed E-state index contributed by atoms with van der Waals surface area (Å²) in [5.74, 6) is 0. The lowest BCUT2D eigenvalue weighted by molar-refractivity contribution is 0.0478. The molecule has 0 aromatic carbocycles. The fourth-order valence-corrected chi connectivity index (χ4v) is 1.65. The second-order valence-electron chi connectivity index (χ2n) is 5.20. The minimum absolute atomic E-state index is 0.485. The van der Waals surface area contributed by atoms with Crippen LogP contribution in [0.3, 0.4) is 0 Å². The number of ether oxygens (including phenoxy) is 3. The van der Waals surface area contributed by atoms with Gasteiger partial charge in [-0.15, -0.1) is 0 Å². The topological polar surface area (TPSA) is 52.6 Å². The molecule has 1 aromatic rings. The number of rotatable bonds is 12. The lowest BCUT2D eigenvalue weighted by Crippen LogP contribution is -2.21. The number of hydrogen-bond acceptors (Lipinski definition) is 5. The third kappa shape index (κ3) is 9.52. The number of hydrogen-bond donors (Lipinski definition) is 1. The van der Waals surface area contributed by atoms with Crippen molar-refractivity contribution in [2.45, 2.75) is 39.5 Å². The molecule has 0 amide bonds. The summed E-state index contributed by atoms with van der Waals surface area (Å²) >= 11 is 0. The van der Waals surface area contributed by atoms with Crippen LogP contribution in [0.15, 0.2) is 18.3 Å². The first-order valence-corrected chi connectivity index (χ1v) is 7.54. The van der Waals surface area contributed by atoms with Crippen molar-refractivity contribution >= 4 is 0 Å². The number of nitrogens with zero attached hydrogens (tertiary/aromatic N) is 1. The molecule has 0 unspecified atom stereocenters. The van der Waals surface area contributed by atoms with Gasteiger partial charge in [-0.05, 0) is 18.1 Å². The lowest BCUT2D eigenvalue weighted by Gasteiger charge is -2.08. The fraction of sp³-hybridized carbons (Fsp3) is 0.688. The van der Waals surface area contributed by atoms with Crippen LogP contribution < -0.4 is 5.32 Å². The van der Waals surface area contributed by atoms with E-state index in [0.29, 0.717) is 39.1 Å². The molecule has 0 fully saturated rings. The van der Waals surface area contributed by atoms with Gasteiger partial charge in [0.15, 0.2) is 0 Å². The van der Waals surface area contributed by atoms with Gasteiger partial charge in [0, 0.05) is 39.1 Å². The van der Waals surface area contributed by atoms with Gasteiger partial charge in [0.1, 0.15) is 0 Å². The Balaban J connectivity index is 2.07. The Morgan fingerprint density at radius 3 is 2.57 bits per heavy atom. The largest absolute Gasteiger partial charge is 0.382 e. The standard InChI is InChI=1S/C16H28N2O3/c1-14(2)17-11-15-5-6-16(18-12-15)13-21-8-4-7-20-10-9-19-3/h5-6,12,14,17H,4,7-11,13H2,1-3H3. The molecule has 0 aliphatic rings. The predicted molar refractivity (Wildman–Crippen MR) is 83.2 cm³/mol. The normalized spacial score (nSPS) is 11.2. The summed E-state index contributed by atoms with van der Waals surface area (Å²) < 4.78 is 15.8. The van der Waals surface area contributed by atoms with Crippen LogP contribution in [0.1, 0.15) is 31.5 Å². The number of pyridine rings is 1. The molecule has 1 aromatic heterocycles. The molecule has 1 N–H and O–H groups in total. The third-order valence-corrected chi connectivity index (χ3v) is 2.86. The lowest BCUT2D eigenvalue weighted by atomic mass is 10.2. The van der Waals surface area contributed by atoms with Crippen molar-refractivity contribution in [2.24, 2.45) is 0 Å². The van der Waals surface area contributed by atoms with E-state index in [1.54, 1.807) is 7.11 Å². The number of aromatic nitrogens is 1. The average molecular weight is 296 g/mol. The van der Waals surface area contributed by atoms with E-state index in [4.69, 9.17) is 14.2 Å². The molecular formula is C16H28N2O3. The molecule has 0 aliphatic heterocycles. The Kier molecular flexibility index (Phi) is 9.99. The van der Waals surface area contributed by atoms with E-state index in [0.717, 1.165) is 18.7 Å². The zero-order valence-electron chi connectivity index (χ0n) is 13.4. The monoisotopic (exact) mass is 296 g/mol. The molecule has 0 spiro atoms. The van der Waals surface area contributed by atoms with Crippen LogP contribution in [0.25, 0.3) is 0 Å². The molecular weight excluding hydrogens is 268 g/mol. The summed E-state index contributed by atoms with van der Waals surface area (Å²) in [4.78, 5) is 4.40. The molecule has 0 bridgehead atoms. The van der Waals surface area contributed by atoms with E-state index in [-0.39, 0.29) is 0 Å². The highest BCUT2D eigenvalue weighted by Crippen LogP contribution is 2.02. The summed E-state index contributed by atoms with van der Waals surface area (Å²) in [7, 11) is 1.67. The Bertz CT molecular complexity index is 355. The number of methoxy groups -OCH3 is 1. The molecule has 21 heavy (non-hydrogen) atoms. The molecule has 5 heteroatoms. The third-order valence-electron chi connectivity index (χ3n) is 2.86. The highest BCUT2D eigenvalue weighted by molar-refractivity contribution is 5.13. The fourth-order valence-electron chi connectivity index (χ4n) is 1.65. The molecule has 0 aliphatic carbocycles. The van der Waals surface area contributed by atoms with Crippen molar-refractivity contribution in [3.63, 3.8) is 0 Å². The smallest absolute Gasteiger partial charge is 0.0887 e. The molecule has 5 nitrogen and oxygen atoms in total. The molecule has 0 saturated carbocycles. The van der Waals surface area contributed by atoms with Crippen molar-refractivity contribution in [1.82, 2.24) is 10.3 Å². The minimum Gasteiger partial charge on any atom is -0.382 e. The maximum Gasteiger partial charge on any atom is 0.0887 e. The summed E-state index contributed by atoms with van der Waals surface area (Å²) in [5, 5.41) is 3.37. The predicted octanol–water partition coefficient (Wildman–Crippen LogP) is 2.15. The quantitative estimate of drug-likeness (QED) is 0.599. The second kappa shape index (κ2) is 11.6. The number of nitrogens with one attached hydrogen (secondary N) is 1. The van der Waals surface area contributed by atoms with Gasteiger partial charge in [-0.3, -0.25) is 4.98 Å². The van der Waals surface area contributed by atoms with Crippen LogP contribution in [-0.4, -0.2) is 44.6 Å². The van der Waals surface area contributed by atoms with Crippen LogP contribution in [0.4, 0.5) is 0 Å². The van der Waals surface area contributed by atoms with Gasteiger partial charge in [-0.2, -0.15) is 0 Å². The molecule has 120 valence electrons. The van der Waals surface area contributed by atoms with Crippen molar-refractivity contribution < 1.29 is 14.2 Å². The van der Waals surface area contributed by atoms with Crippen molar-refractivity contribution in [1.29, 1.82) is 0 Å². The first-order valence-electron chi connectivity index (χ1n) is 7.54. The van der Waals surface area contributed by atoms with Gasteiger partial charge < -0.3 is 19.5 Å². The Morgan fingerprint density at radius 2 is 1.90 bits per heavy atom. The van der Waals surface area contributed by atoms with E-state index in [2.05, 4.69) is 30.2 Å². The Hall–Kier alpha value is -1.01. The second-order valence-corrected chi connectivity index (χ2v) is 5.20. The van der Waals surface area contributed by atoms with Gasteiger partial charge in [0.05, 0.1) is 25.5 Å². The van der Waals surface area contributed by atoms with Crippen molar-refractivity contribution in [3.8, 4) is 0 Å². The van der Waals surface area contributed by atoms with Crippen LogP contribution in [0, 0.1) is 0 Å². The SMILES string of the molecule is COCCOCCCOCc1ccc(CNC(C)C)cn1. The molecule has 0 radical (unpaired) electrons. The van der Waals surface area contributed by atoms with Crippen molar-refractivity contribution in [3.05, 3.63) is 29.6 Å². The summed E-state index contributed by atoms with van der Waals surface area (Å²) in [6, 6.07) is 4.60. The van der Waals surface area contributed by atoms with Gasteiger partial charge in [-0.1, -0.05) is 19.9 Å².